The van der Waals surface area contributed by atoms with Gasteiger partial charge in [-0.1, -0.05) is 159 Å². The van der Waals surface area contributed by atoms with Gasteiger partial charge in [0, 0.05) is 66.0 Å². The standard InChI is InChI=1S/C36H58N4O5.C34H54N4O5/c1-7-15-30(36(45)38-31(24-28-18-13-10-14-19-28)34(43)32(41)22-26(3)4)37-35(44)29(23-27-16-11-9-12-17-27)25-33(42)40(6)21-20-39(5)8-2;1-6-13-28(34(43)37-29(22-26-16-11-8-12-17-26)32(41)30(39)20-24(2)3)36-33(42)27(21-25-14-9-7-10-15-25)23-31(40)38(5)19-18-35-4/h1,9,11-12,16-17,26,28-32,34,41,43H,8,10,13-15,18-25H2,2-6H3,(H,37,44)(H,38,45);1,7,9-10,14-15,24,26-30,32,35,39,41H,8,11-13,16-23H2,2-5H3,(H,36,42)(H,37,43)/t29?,30-,31?,32?,34+;27?,28-,29?,30?,32+/m00/s1. The van der Waals surface area contributed by atoms with Gasteiger partial charge in [-0.2, -0.15) is 0 Å². The van der Waals surface area contributed by atoms with E-state index in [2.05, 4.69) is 50.2 Å². The Labute approximate surface area is 528 Å². The van der Waals surface area contributed by atoms with Gasteiger partial charge >= 0.3 is 0 Å². The number of carbonyl (C=O) groups is 6. The molecule has 6 amide bonds. The fourth-order valence-electron chi connectivity index (χ4n) is 11.8. The highest BCUT2D eigenvalue weighted by atomic mass is 16.3. The summed E-state index contributed by atoms with van der Waals surface area (Å²) in [5.74, 6) is 2.40. The average molecular weight is 1230 g/mol. The van der Waals surface area contributed by atoms with E-state index in [0.29, 0.717) is 70.0 Å². The first-order valence-corrected chi connectivity index (χ1v) is 32.7. The minimum absolute atomic E-state index is 0.0120. The predicted octanol–water partition coefficient (Wildman–Crippen LogP) is 6.02. The smallest absolute Gasteiger partial charge is 0.243 e. The van der Waals surface area contributed by atoms with E-state index in [9.17, 15) is 49.2 Å². The second-order valence-electron chi connectivity index (χ2n) is 25.8. The third kappa shape index (κ3) is 29.2. The van der Waals surface area contributed by atoms with Crippen LogP contribution in [0.3, 0.4) is 0 Å². The molecule has 0 heterocycles. The van der Waals surface area contributed by atoms with Crippen LogP contribution in [0.15, 0.2) is 60.7 Å². The molecule has 6 unspecified atom stereocenters. The molecule has 4 rings (SSSR count). The first-order chi connectivity index (χ1) is 42.0. The molecule has 0 bridgehead atoms. The van der Waals surface area contributed by atoms with Crippen molar-refractivity contribution in [1.82, 2.24) is 41.3 Å². The van der Waals surface area contributed by atoms with Crippen LogP contribution in [0.5, 0.6) is 0 Å². The largest absolute Gasteiger partial charge is 0.390 e. The number of hydrogen-bond donors (Lipinski definition) is 9. The van der Waals surface area contributed by atoms with E-state index in [-0.39, 0.29) is 49.3 Å². The lowest BCUT2D eigenvalue weighted by Gasteiger charge is -2.33. The Kier molecular flexibility index (Phi) is 36.6. The molecule has 492 valence electrons. The molecule has 18 heteroatoms. The van der Waals surface area contributed by atoms with Crippen molar-refractivity contribution in [2.75, 3.05) is 60.9 Å². The molecule has 88 heavy (non-hydrogen) atoms. The summed E-state index contributed by atoms with van der Waals surface area (Å²) in [5.41, 5.74) is 1.81. The van der Waals surface area contributed by atoms with E-state index in [1.807, 2.05) is 102 Å². The van der Waals surface area contributed by atoms with Crippen molar-refractivity contribution >= 4 is 35.4 Å². The first kappa shape index (κ1) is 76.4. The van der Waals surface area contributed by atoms with Gasteiger partial charge in [-0.25, -0.2) is 0 Å². The van der Waals surface area contributed by atoms with Gasteiger partial charge in [-0.15, -0.1) is 24.7 Å². The summed E-state index contributed by atoms with van der Waals surface area (Å²) >= 11 is 0. The summed E-state index contributed by atoms with van der Waals surface area (Å²) in [4.78, 5) is 86.2. The Hall–Kier alpha value is -5.86. The Balaban J connectivity index is 0.000000461. The molecule has 2 aromatic rings. The number of benzene rings is 2. The Bertz CT molecular complexity index is 2420. The van der Waals surface area contributed by atoms with Crippen molar-refractivity contribution in [3.05, 3.63) is 71.8 Å². The van der Waals surface area contributed by atoms with Crippen LogP contribution in [-0.2, 0) is 41.6 Å². The molecule has 2 aliphatic rings. The van der Waals surface area contributed by atoms with E-state index in [1.54, 1.807) is 23.9 Å². The summed E-state index contributed by atoms with van der Waals surface area (Å²) in [6, 6.07) is 15.5. The van der Waals surface area contributed by atoms with Crippen molar-refractivity contribution in [1.29, 1.82) is 0 Å². The molecule has 0 radical (unpaired) electrons. The molecule has 0 spiro atoms. The van der Waals surface area contributed by atoms with E-state index < -0.39 is 84.0 Å². The zero-order chi connectivity index (χ0) is 65.1. The molecule has 2 saturated carbocycles. The van der Waals surface area contributed by atoms with Gasteiger partial charge in [0.2, 0.25) is 35.4 Å². The van der Waals surface area contributed by atoms with E-state index in [0.717, 1.165) is 75.6 Å². The van der Waals surface area contributed by atoms with Gasteiger partial charge in [0.25, 0.3) is 0 Å². The van der Waals surface area contributed by atoms with E-state index in [1.165, 1.54) is 12.8 Å². The number of rotatable bonds is 37. The highest BCUT2D eigenvalue weighted by Crippen LogP contribution is 2.31. The van der Waals surface area contributed by atoms with Crippen LogP contribution in [0.4, 0.5) is 0 Å². The molecule has 0 aliphatic heterocycles. The molecule has 9 N–H and O–H groups in total. The van der Waals surface area contributed by atoms with Crippen molar-refractivity contribution in [2.45, 2.75) is 212 Å². The number of nitrogens with zero attached hydrogens (tertiary/aromatic N) is 3. The number of aliphatic hydroxyl groups excluding tert-OH is 4. The zero-order valence-electron chi connectivity index (χ0n) is 54.8. The van der Waals surface area contributed by atoms with Gasteiger partial charge < -0.3 is 61.7 Å². The second-order valence-corrected chi connectivity index (χ2v) is 25.8. The van der Waals surface area contributed by atoms with Crippen molar-refractivity contribution in [3.63, 3.8) is 0 Å². The van der Waals surface area contributed by atoms with Gasteiger partial charge in [-0.05, 0) is 94.0 Å². The fourth-order valence-corrected chi connectivity index (χ4v) is 11.8. The minimum atomic E-state index is -1.15. The summed E-state index contributed by atoms with van der Waals surface area (Å²) in [5, 5.41) is 58.3. The maximum absolute atomic E-state index is 13.7. The van der Waals surface area contributed by atoms with Gasteiger partial charge in [0.15, 0.2) is 0 Å². The van der Waals surface area contributed by atoms with Crippen molar-refractivity contribution in [3.8, 4) is 24.7 Å². The molecule has 10 atom stereocenters. The fraction of sp³-hybridized carbons (Fsp3) is 0.686. The summed E-state index contributed by atoms with van der Waals surface area (Å²) in [6.45, 7) is 13.2. The monoisotopic (exact) mass is 1220 g/mol. The maximum Gasteiger partial charge on any atom is 0.243 e. The maximum atomic E-state index is 13.7. The quantitative estimate of drug-likeness (QED) is 0.0353. The topological polar surface area (TPSA) is 253 Å². The van der Waals surface area contributed by atoms with Crippen molar-refractivity contribution in [2.24, 2.45) is 35.5 Å². The number of terminal acetylenes is 2. The number of aliphatic hydroxyl groups is 4. The number of nitrogens with one attached hydrogen (secondary N) is 5. The van der Waals surface area contributed by atoms with Crippen LogP contribution in [0.1, 0.15) is 161 Å². The van der Waals surface area contributed by atoms with Gasteiger partial charge in [0.1, 0.15) is 24.3 Å². The van der Waals surface area contributed by atoms with Crippen LogP contribution in [0.2, 0.25) is 0 Å². The predicted molar refractivity (Wildman–Crippen MR) is 349 cm³/mol. The first-order valence-electron chi connectivity index (χ1n) is 32.7. The molecule has 0 aromatic heterocycles. The molecule has 0 saturated heterocycles. The molecular formula is C70H112N8O10. The lowest BCUT2D eigenvalue weighted by molar-refractivity contribution is -0.137. The number of likely N-dealkylation sites (N-methyl/N-ethyl adjacent to an activating group) is 4. The molecule has 2 fully saturated rings. The number of amides is 6. The van der Waals surface area contributed by atoms with Crippen LogP contribution in [0, 0.1) is 60.2 Å². The van der Waals surface area contributed by atoms with Crippen LogP contribution in [0.25, 0.3) is 0 Å². The third-order valence-corrected chi connectivity index (χ3v) is 17.4. The summed E-state index contributed by atoms with van der Waals surface area (Å²) < 4.78 is 0. The minimum Gasteiger partial charge on any atom is -0.390 e. The second kappa shape index (κ2) is 42.2. The van der Waals surface area contributed by atoms with Gasteiger partial charge in [0.05, 0.1) is 36.1 Å². The molecule has 2 aromatic carbocycles. The van der Waals surface area contributed by atoms with Gasteiger partial charge in [-0.3, -0.25) is 28.8 Å². The lowest BCUT2D eigenvalue weighted by atomic mass is 9.82. The molecule has 18 nitrogen and oxygen atoms in total. The summed E-state index contributed by atoms with van der Waals surface area (Å²) in [7, 11) is 7.25. The van der Waals surface area contributed by atoms with Crippen molar-refractivity contribution < 1.29 is 49.2 Å². The highest BCUT2D eigenvalue weighted by molar-refractivity contribution is 5.92. The number of carbonyl (C=O) groups excluding carboxylic acids is 6. The zero-order valence-corrected chi connectivity index (χ0v) is 54.8. The van der Waals surface area contributed by atoms with E-state index in [4.69, 9.17) is 12.8 Å². The number of hydrogen-bond acceptors (Lipinski definition) is 12. The average Bonchev–Trinajstić information content (AvgIpc) is 3.62. The normalized spacial score (nSPS) is 17.2. The highest BCUT2D eigenvalue weighted by Gasteiger charge is 2.37. The summed E-state index contributed by atoms with van der Waals surface area (Å²) in [6.07, 6.45) is 20.3. The Morgan fingerprint density at radius 3 is 1.26 bits per heavy atom. The third-order valence-electron chi connectivity index (χ3n) is 17.4. The Morgan fingerprint density at radius 2 is 0.920 bits per heavy atom. The van der Waals surface area contributed by atoms with Crippen LogP contribution >= 0.6 is 0 Å². The molecular weight excluding hydrogens is 1110 g/mol. The SMILES string of the molecule is C#CC[C@H](NC(=O)C(CC(=O)N(C)CCN(C)CC)Cc1ccccc1)C(=O)NC(CC1CCCCC1)[C@@H](O)C(O)CC(C)C.C#CC[C@H](NC(=O)C(CC(=O)N(C)CCNC)Cc1ccccc1)C(=O)NC(CC1CCCCC1)[C@@H](O)C(O)CC(C)C. The molecule has 2 aliphatic carbocycles. The van der Waals surface area contributed by atoms with Crippen LogP contribution < -0.4 is 26.6 Å². The lowest BCUT2D eigenvalue weighted by Crippen LogP contribution is -2.56. The van der Waals surface area contributed by atoms with Crippen LogP contribution in [-0.4, -0.2) is 180 Å². The Morgan fingerprint density at radius 1 is 0.545 bits per heavy atom. The van der Waals surface area contributed by atoms with E-state index >= 15 is 0 Å².